The minimum absolute atomic E-state index is 0.0649. The number of carboxylic acids is 1. The van der Waals surface area contributed by atoms with Crippen molar-refractivity contribution in [2.75, 3.05) is 6.54 Å². The van der Waals surface area contributed by atoms with Crippen LogP contribution in [0.3, 0.4) is 0 Å². The molecule has 0 saturated carbocycles. The molecule has 1 aromatic carbocycles. The average molecular weight is 246 g/mol. The summed E-state index contributed by atoms with van der Waals surface area (Å²) in [6.07, 6.45) is 1.05. The lowest BCUT2D eigenvalue weighted by atomic mass is 10.1. The minimum Gasteiger partial charge on any atom is -0.550 e. The van der Waals surface area contributed by atoms with Gasteiger partial charge in [0.05, 0.1) is 0 Å². The topological polar surface area (TPSA) is 60.4 Å². The second kappa shape index (κ2) is 5.21. The van der Waals surface area contributed by atoms with Crippen LogP contribution < -0.4 is 5.11 Å². The summed E-state index contributed by atoms with van der Waals surface area (Å²) in [5, 5.41) is 10.7. The predicted octanol–water partition coefficient (Wildman–Crippen LogP) is 0.347. The molecule has 0 bridgehead atoms. The van der Waals surface area contributed by atoms with Crippen molar-refractivity contribution in [2.45, 2.75) is 26.3 Å². The number of nitrogens with zero attached hydrogens (tertiary/aromatic N) is 1. The zero-order valence-corrected chi connectivity index (χ0v) is 10.4. The van der Waals surface area contributed by atoms with Gasteiger partial charge in [0.25, 0.3) is 0 Å². The first-order valence-corrected chi connectivity index (χ1v) is 6.16. The zero-order valence-electron chi connectivity index (χ0n) is 10.4. The van der Waals surface area contributed by atoms with Crippen molar-refractivity contribution < 1.29 is 14.7 Å². The molecule has 2 rings (SSSR count). The van der Waals surface area contributed by atoms with Crippen LogP contribution in [0.1, 0.15) is 24.5 Å². The third-order valence-corrected chi connectivity index (χ3v) is 3.35. The van der Waals surface area contributed by atoms with E-state index in [0.29, 0.717) is 6.54 Å². The van der Waals surface area contributed by atoms with Crippen LogP contribution in [0, 0.1) is 5.92 Å². The third-order valence-electron chi connectivity index (χ3n) is 3.35. The molecular weight excluding hydrogens is 230 g/mol. The highest BCUT2D eigenvalue weighted by atomic mass is 16.4. The molecule has 96 valence electrons. The zero-order chi connectivity index (χ0) is 13.1. The van der Waals surface area contributed by atoms with E-state index >= 15 is 0 Å². The van der Waals surface area contributed by atoms with E-state index in [-0.39, 0.29) is 18.9 Å². The first kappa shape index (κ1) is 12.6. The van der Waals surface area contributed by atoms with Crippen LogP contribution in [0.5, 0.6) is 0 Å². The molecule has 0 unspecified atom stereocenters. The molecular formula is C14H16NO3-. The number of hydrogen-bond donors (Lipinski definition) is 0. The van der Waals surface area contributed by atoms with E-state index in [2.05, 4.69) is 6.92 Å². The highest BCUT2D eigenvalue weighted by Gasteiger charge is 2.30. The van der Waals surface area contributed by atoms with E-state index in [1.54, 1.807) is 4.90 Å². The Balaban J connectivity index is 2.01. The van der Waals surface area contributed by atoms with Crippen LogP contribution in [0.15, 0.2) is 24.3 Å². The Morgan fingerprint density at radius 2 is 1.94 bits per heavy atom. The van der Waals surface area contributed by atoms with Gasteiger partial charge in [0, 0.05) is 31.4 Å². The van der Waals surface area contributed by atoms with E-state index in [4.69, 9.17) is 0 Å². The maximum atomic E-state index is 11.7. The van der Waals surface area contributed by atoms with Crippen LogP contribution >= 0.6 is 0 Å². The lowest BCUT2D eigenvalue weighted by Crippen LogP contribution is -2.33. The minimum atomic E-state index is -1.13. The van der Waals surface area contributed by atoms with Crippen molar-refractivity contribution in [1.82, 2.24) is 4.90 Å². The summed E-state index contributed by atoms with van der Waals surface area (Å²) in [5.41, 5.74) is 2.28. The fraction of sp³-hybridized carbons (Fsp3) is 0.429. The summed E-state index contributed by atoms with van der Waals surface area (Å²) in [6, 6.07) is 8.04. The Morgan fingerprint density at radius 1 is 1.33 bits per heavy atom. The third kappa shape index (κ3) is 2.70. The van der Waals surface area contributed by atoms with Gasteiger partial charge in [-0.2, -0.15) is 0 Å². The highest BCUT2D eigenvalue weighted by Crippen LogP contribution is 2.19. The van der Waals surface area contributed by atoms with Crippen LogP contribution in [-0.2, 0) is 22.6 Å². The first-order chi connectivity index (χ1) is 8.60. The molecule has 0 aromatic heterocycles. The van der Waals surface area contributed by atoms with Gasteiger partial charge < -0.3 is 14.8 Å². The average Bonchev–Trinajstić information content (AvgIpc) is 2.72. The van der Waals surface area contributed by atoms with Gasteiger partial charge in [-0.3, -0.25) is 4.79 Å². The first-order valence-electron chi connectivity index (χ1n) is 6.16. The summed E-state index contributed by atoms with van der Waals surface area (Å²) in [7, 11) is 0. The summed E-state index contributed by atoms with van der Waals surface area (Å²) < 4.78 is 0. The van der Waals surface area contributed by atoms with Crippen molar-refractivity contribution in [3.05, 3.63) is 35.4 Å². The predicted molar refractivity (Wildman–Crippen MR) is 64.4 cm³/mol. The normalized spacial score (nSPS) is 19.3. The Labute approximate surface area is 106 Å². The number of likely N-dealkylation sites (tertiary alicyclic amines) is 1. The molecule has 18 heavy (non-hydrogen) atoms. The maximum absolute atomic E-state index is 11.7. The second-order valence-electron chi connectivity index (χ2n) is 4.66. The molecule has 1 heterocycles. The molecule has 4 heteroatoms. The van der Waals surface area contributed by atoms with Crippen LogP contribution in [0.25, 0.3) is 0 Å². The summed E-state index contributed by atoms with van der Waals surface area (Å²) in [5.74, 6) is -1.90. The van der Waals surface area contributed by atoms with E-state index in [9.17, 15) is 14.7 Å². The molecule has 0 radical (unpaired) electrons. The molecule has 0 N–H and O–H groups in total. The Bertz CT molecular complexity index is 453. The molecule has 0 spiro atoms. The second-order valence-corrected chi connectivity index (χ2v) is 4.66. The Kier molecular flexibility index (Phi) is 3.65. The van der Waals surface area contributed by atoms with Gasteiger partial charge in [-0.25, -0.2) is 0 Å². The number of carbonyl (C=O) groups is 2. The number of carboxylic acid groups (broad SMARTS) is 1. The quantitative estimate of drug-likeness (QED) is 0.770. The number of aliphatic carboxylic acids is 1. The number of aryl methyl sites for hydroxylation is 1. The molecule has 1 amide bonds. The lowest BCUT2D eigenvalue weighted by molar-refractivity contribution is -0.311. The standard InChI is InChI=1S/C14H17NO3/c1-2-10-3-5-11(6-4-10)8-15-9-12(14(17)18)7-13(15)16/h3-6,12H,2,7-9H2,1H3,(H,17,18)/p-1/t12-/m1/s1. The maximum Gasteiger partial charge on any atom is 0.223 e. The van der Waals surface area contributed by atoms with E-state index in [1.165, 1.54) is 5.56 Å². The van der Waals surface area contributed by atoms with Gasteiger partial charge in [0.2, 0.25) is 5.91 Å². The molecule has 0 aliphatic carbocycles. The van der Waals surface area contributed by atoms with Crippen molar-refractivity contribution in [1.29, 1.82) is 0 Å². The van der Waals surface area contributed by atoms with Crippen LogP contribution in [-0.4, -0.2) is 23.3 Å². The number of rotatable bonds is 4. The van der Waals surface area contributed by atoms with Gasteiger partial charge in [0.1, 0.15) is 0 Å². The monoisotopic (exact) mass is 246 g/mol. The Hall–Kier alpha value is -1.84. The fourth-order valence-corrected chi connectivity index (χ4v) is 2.18. The van der Waals surface area contributed by atoms with Gasteiger partial charge >= 0.3 is 0 Å². The van der Waals surface area contributed by atoms with E-state index < -0.39 is 11.9 Å². The van der Waals surface area contributed by atoms with E-state index in [0.717, 1.165) is 12.0 Å². The summed E-state index contributed by atoms with van der Waals surface area (Å²) >= 11 is 0. The smallest absolute Gasteiger partial charge is 0.223 e. The lowest BCUT2D eigenvalue weighted by Gasteiger charge is -2.17. The SMILES string of the molecule is CCc1ccc(CN2C[C@H](C(=O)[O-])CC2=O)cc1. The van der Waals surface area contributed by atoms with Crippen LogP contribution in [0.2, 0.25) is 0 Å². The molecule has 1 atom stereocenters. The van der Waals surface area contributed by atoms with Crippen molar-refractivity contribution in [3.8, 4) is 0 Å². The van der Waals surface area contributed by atoms with E-state index in [1.807, 2.05) is 24.3 Å². The van der Waals surface area contributed by atoms with Gasteiger partial charge in [0.15, 0.2) is 0 Å². The highest BCUT2D eigenvalue weighted by molar-refractivity contribution is 5.85. The van der Waals surface area contributed by atoms with Crippen molar-refractivity contribution in [2.24, 2.45) is 5.92 Å². The molecule has 1 aliphatic heterocycles. The van der Waals surface area contributed by atoms with Crippen molar-refractivity contribution >= 4 is 11.9 Å². The van der Waals surface area contributed by atoms with Crippen molar-refractivity contribution in [3.63, 3.8) is 0 Å². The molecule has 1 saturated heterocycles. The van der Waals surface area contributed by atoms with Gasteiger partial charge in [-0.15, -0.1) is 0 Å². The molecule has 1 fully saturated rings. The number of hydrogen-bond acceptors (Lipinski definition) is 3. The number of carbonyl (C=O) groups excluding carboxylic acids is 2. The number of amides is 1. The molecule has 4 nitrogen and oxygen atoms in total. The summed E-state index contributed by atoms with van der Waals surface area (Å²) in [4.78, 5) is 24.0. The fourth-order valence-electron chi connectivity index (χ4n) is 2.18. The largest absolute Gasteiger partial charge is 0.550 e. The van der Waals surface area contributed by atoms with Gasteiger partial charge in [-0.1, -0.05) is 31.2 Å². The van der Waals surface area contributed by atoms with Gasteiger partial charge in [-0.05, 0) is 17.5 Å². The summed E-state index contributed by atoms with van der Waals surface area (Å²) in [6.45, 7) is 2.83. The molecule has 1 aliphatic rings. The van der Waals surface area contributed by atoms with Crippen LogP contribution in [0.4, 0.5) is 0 Å². The number of benzene rings is 1. The molecule has 1 aromatic rings. The Morgan fingerprint density at radius 3 is 2.44 bits per heavy atom.